The molecule has 0 bridgehead atoms. The normalized spacial score (nSPS) is 18.0. The SMILES string of the molecule is O=C(Nc1ccc(-n2nccc2C(F)(F)F)cc1)N1CC[C@H](O)C1. The first-order chi connectivity index (χ1) is 11.3. The number of halogens is 3. The second-order valence-corrected chi connectivity index (χ2v) is 5.49. The van der Waals surface area contributed by atoms with Crippen LogP contribution in [0.5, 0.6) is 0 Å². The van der Waals surface area contributed by atoms with E-state index < -0.39 is 18.0 Å². The molecule has 128 valence electrons. The van der Waals surface area contributed by atoms with Crippen molar-refractivity contribution < 1.29 is 23.1 Å². The standard InChI is InChI=1S/C15H15F3N4O2/c16-15(17,18)13-5-7-19-22(13)11-3-1-10(2-4-11)20-14(24)21-8-6-12(23)9-21/h1-5,7,12,23H,6,8-9H2,(H,20,24)/t12-/m0/s1. The van der Waals surface area contributed by atoms with Crippen molar-refractivity contribution in [3.8, 4) is 5.69 Å². The van der Waals surface area contributed by atoms with Crippen molar-refractivity contribution in [3.63, 3.8) is 0 Å². The highest BCUT2D eigenvalue weighted by Crippen LogP contribution is 2.30. The Bertz CT molecular complexity index is 727. The van der Waals surface area contributed by atoms with Crippen LogP contribution in [-0.2, 0) is 6.18 Å². The Kier molecular flexibility index (Phi) is 4.18. The van der Waals surface area contributed by atoms with Crippen LogP contribution in [0.25, 0.3) is 5.69 Å². The van der Waals surface area contributed by atoms with Gasteiger partial charge in [-0.05, 0) is 36.8 Å². The maximum absolute atomic E-state index is 12.9. The predicted molar refractivity (Wildman–Crippen MR) is 79.8 cm³/mol. The topological polar surface area (TPSA) is 70.4 Å². The number of urea groups is 1. The lowest BCUT2D eigenvalue weighted by Crippen LogP contribution is -2.33. The summed E-state index contributed by atoms with van der Waals surface area (Å²) in [6.45, 7) is 0.736. The summed E-state index contributed by atoms with van der Waals surface area (Å²) < 4.78 is 39.4. The second-order valence-electron chi connectivity index (χ2n) is 5.49. The fraction of sp³-hybridized carbons (Fsp3) is 0.333. The quantitative estimate of drug-likeness (QED) is 0.882. The number of aromatic nitrogens is 2. The van der Waals surface area contributed by atoms with Crippen molar-refractivity contribution in [1.29, 1.82) is 0 Å². The molecule has 0 radical (unpaired) electrons. The van der Waals surface area contributed by atoms with Crippen molar-refractivity contribution in [2.75, 3.05) is 18.4 Å². The molecule has 6 nitrogen and oxygen atoms in total. The van der Waals surface area contributed by atoms with Gasteiger partial charge in [-0.2, -0.15) is 18.3 Å². The lowest BCUT2D eigenvalue weighted by molar-refractivity contribution is -0.142. The summed E-state index contributed by atoms with van der Waals surface area (Å²) in [6.07, 6.45) is -3.40. The molecule has 1 fully saturated rings. The number of aliphatic hydroxyl groups is 1. The maximum Gasteiger partial charge on any atom is 0.433 e. The highest BCUT2D eigenvalue weighted by Gasteiger charge is 2.35. The molecule has 1 aliphatic rings. The largest absolute Gasteiger partial charge is 0.433 e. The summed E-state index contributed by atoms with van der Waals surface area (Å²) in [5, 5.41) is 15.8. The number of benzene rings is 1. The second kappa shape index (κ2) is 6.16. The molecule has 9 heteroatoms. The van der Waals surface area contributed by atoms with Gasteiger partial charge < -0.3 is 15.3 Å². The molecule has 0 saturated carbocycles. The molecule has 3 rings (SSSR count). The first-order valence-electron chi connectivity index (χ1n) is 7.30. The highest BCUT2D eigenvalue weighted by molar-refractivity contribution is 5.89. The van der Waals surface area contributed by atoms with E-state index in [9.17, 15) is 23.1 Å². The molecule has 0 spiro atoms. The van der Waals surface area contributed by atoms with E-state index in [0.717, 1.165) is 16.9 Å². The number of anilines is 1. The number of alkyl halides is 3. The number of nitrogens with zero attached hydrogens (tertiary/aromatic N) is 3. The average molecular weight is 340 g/mol. The van der Waals surface area contributed by atoms with Crippen LogP contribution in [-0.4, -0.2) is 45.0 Å². The zero-order valence-electron chi connectivity index (χ0n) is 12.5. The van der Waals surface area contributed by atoms with Gasteiger partial charge in [0.15, 0.2) is 0 Å². The van der Waals surface area contributed by atoms with E-state index in [0.29, 0.717) is 18.7 Å². The Labute approximate surface area is 135 Å². The van der Waals surface area contributed by atoms with E-state index in [1.165, 1.54) is 29.2 Å². The van der Waals surface area contributed by atoms with Crippen molar-refractivity contribution in [2.45, 2.75) is 18.7 Å². The van der Waals surface area contributed by atoms with E-state index in [1.54, 1.807) is 0 Å². The first kappa shape index (κ1) is 16.3. The van der Waals surface area contributed by atoms with Crippen LogP contribution in [0.15, 0.2) is 36.5 Å². The summed E-state index contributed by atoms with van der Waals surface area (Å²) in [5.74, 6) is 0. The number of hydrogen-bond acceptors (Lipinski definition) is 3. The van der Waals surface area contributed by atoms with Gasteiger partial charge in [0.05, 0.1) is 18.0 Å². The fourth-order valence-electron chi connectivity index (χ4n) is 2.54. The number of nitrogens with one attached hydrogen (secondary N) is 1. The van der Waals surface area contributed by atoms with Gasteiger partial charge in [0, 0.05) is 18.8 Å². The third-order valence-corrected chi connectivity index (χ3v) is 3.75. The van der Waals surface area contributed by atoms with Gasteiger partial charge in [0.2, 0.25) is 0 Å². The molecule has 0 unspecified atom stereocenters. The monoisotopic (exact) mass is 340 g/mol. The van der Waals surface area contributed by atoms with Gasteiger partial charge in [0.25, 0.3) is 0 Å². The third-order valence-electron chi connectivity index (χ3n) is 3.75. The minimum Gasteiger partial charge on any atom is -0.391 e. The van der Waals surface area contributed by atoms with Crippen LogP contribution in [0.3, 0.4) is 0 Å². The Morgan fingerprint density at radius 1 is 1.25 bits per heavy atom. The molecule has 2 amide bonds. The number of likely N-dealkylation sites (tertiary alicyclic amines) is 1. The van der Waals surface area contributed by atoms with Crippen LogP contribution >= 0.6 is 0 Å². The van der Waals surface area contributed by atoms with E-state index >= 15 is 0 Å². The number of amides is 2. The van der Waals surface area contributed by atoms with Crippen LogP contribution in [0, 0.1) is 0 Å². The van der Waals surface area contributed by atoms with Gasteiger partial charge in [-0.15, -0.1) is 0 Å². The fourth-order valence-corrected chi connectivity index (χ4v) is 2.54. The van der Waals surface area contributed by atoms with E-state index in [2.05, 4.69) is 10.4 Å². The molecule has 2 N–H and O–H groups in total. The van der Waals surface area contributed by atoms with Gasteiger partial charge in [-0.3, -0.25) is 0 Å². The van der Waals surface area contributed by atoms with Gasteiger partial charge in [-0.25, -0.2) is 9.48 Å². The average Bonchev–Trinajstić information content (AvgIpc) is 3.16. The van der Waals surface area contributed by atoms with E-state index in [-0.39, 0.29) is 18.3 Å². The number of rotatable bonds is 2. The summed E-state index contributed by atoms with van der Waals surface area (Å²) in [7, 11) is 0. The summed E-state index contributed by atoms with van der Waals surface area (Å²) in [4.78, 5) is 13.5. The molecule has 2 heterocycles. The number of carbonyl (C=O) groups is 1. The zero-order chi connectivity index (χ0) is 17.3. The highest BCUT2D eigenvalue weighted by atomic mass is 19.4. The lowest BCUT2D eigenvalue weighted by Gasteiger charge is -2.16. The molecule has 1 aromatic carbocycles. The van der Waals surface area contributed by atoms with Gasteiger partial charge in [-0.1, -0.05) is 0 Å². The Balaban J connectivity index is 1.72. The molecule has 1 aliphatic heterocycles. The summed E-state index contributed by atoms with van der Waals surface area (Å²) in [6, 6.07) is 6.43. The van der Waals surface area contributed by atoms with Crippen molar-refractivity contribution in [1.82, 2.24) is 14.7 Å². The van der Waals surface area contributed by atoms with Crippen molar-refractivity contribution in [3.05, 3.63) is 42.2 Å². The minimum absolute atomic E-state index is 0.238. The predicted octanol–water partition coefficient (Wildman–Crippen LogP) is 2.49. The molecule has 2 aromatic rings. The molecule has 1 saturated heterocycles. The molecule has 24 heavy (non-hydrogen) atoms. The summed E-state index contributed by atoms with van der Waals surface area (Å²) in [5.41, 5.74) is -0.182. The smallest absolute Gasteiger partial charge is 0.391 e. The van der Waals surface area contributed by atoms with E-state index in [4.69, 9.17) is 0 Å². The number of β-amino-alcohol motifs (C(OH)–C–C–N with tert-alkyl or cyclic N) is 1. The molecular formula is C15H15F3N4O2. The number of hydrogen-bond donors (Lipinski definition) is 2. The number of carbonyl (C=O) groups excluding carboxylic acids is 1. The van der Waals surface area contributed by atoms with Crippen LogP contribution in [0.4, 0.5) is 23.7 Å². The Morgan fingerprint density at radius 2 is 1.96 bits per heavy atom. The Hall–Kier alpha value is -2.55. The van der Waals surface area contributed by atoms with Gasteiger partial charge in [0.1, 0.15) is 5.69 Å². The van der Waals surface area contributed by atoms with Crippen LogP contribution in [0.2, 0.25) is 0 Å². The molecular weight excluding hydrogens is 325 g/mol. The van der Waals surface area contributed by atoms with Crippen LogP contribution in [0.1, 0.15) is 12.1 Å². The first-order valence-corrected chi connectivity index (χ1v) is 7.30. The molecule has 1 atom stereocenters. The van der Waals surface area contributed by atoms with Crippen molar-refractivity contribution in [2.24, 2.45) is 0 Å². The minimum atomic E-state index is -4.50. The number of aliphatic hydroxyl groups excluding tert-OH is 1. The van der Waals surface area contributed by atoms with Crippen LogP contribution < -0.4 is 5.32 Å². The third kappa shape index (κ3) is 3.35. The Morgan fingerprint density at radius 3 is 2.54 bits per heavy atom. The maximum atomic E-state index is 12.9. The lowest BCUT2D eigenvalue weighted by atomic mass is 10.2. The van der Waals surface area contributed by atoms with Crippen molar-refractivity contribution >= 4 is 11.7 Å². The summed E-state index contributed by atoms with van der Waals surface area (Å²) >= 11 is 0. The van der Waals surface area contributed by atoms with Gasteiger partial charge >= 0.3 is 12.2 Å². The van der Waals surface area contributed by atoms with E-state index in [1.807, 2.05) is 0 Å². The zero-order valence-corrected chi connectivity index (χ0v) is 12.5. The molecule has 0 aliphatic carbocycles. The molecule has 1 aromatic heterocycles.